The van der Waals surface area contributed by atoms with E-state index in [9.17, 15) is 5.11 Å². The molecule has 1 N–H and O–H groups in total. The van der Waals surface area contributed by atoms with E-state index in [1.54, 1.807) is 0 Å². The lowest BCUT2D eigenvalue weighted by molar-refractivity contribution is -0.0752. The van der Waals surface area contributed by atoms with Crippen LogP contribution in [0.1, 0.15) is 11.1 Å². The summed E-state index contributed by atoms with van der Waals surface area (Å²) in [6.07, 6.45) is -2.96. The second kappa shape index (κ2) is 8.75. The van der Waals surface area contributed by atoms with Crippen LogP contribution in [0, 0.1) is 11.3 Å². The highest BCUT2D eigenvalue weighted by Crippen LogP contribution is 2.25. The quantitative estimate of drug-likeness (QED) is 0.839. The molecule has 5 heteroatoms. The van der Waals surface area contributed by atoms with Crippen LogP contribution in [0.4, 0.5) is 0 Å². The lowest BCUT2D eigenvalue weighted by atomic mass is 10.1. The van der Waals surface area contributed by atoms with Gasteiger partial charge in [-0.1, -0.05) is 60.7 Å². The first-order valence-corrected chi connectivity index (χ1v) is 8.28. The van der Waals surface area contributed by atoms with Gasteiger partial charge in [0, 0.05) is 0 Å². The number of nitrogens with zero attached hydrogens (tertiary/aromatic N) is 1. The van der Waals surface area contributed by atoms with Crippen LogP contribution in [-0.4, -0.2) is 36.1 Å². The molecule has 3 rings (SSSR count). The first kappa shape index (κ1) is 17.6. The molecule has 1 fully saturated rings. The molecule has 0 aromatic heterocycles. The Labute approximate surface area is 147 Å². The fourth-order valence-corrected chi connectivity index (χ4v) is 2.82. The van der Waals surface area contributed by atoms with Gasteiger partial charge >= 0.3 is 0 Å². The molecule has 1 aliphatic rings. The summed E-state index contributed by atoms with van der Waals surface area (Å²) in [5, 5.41) is 19.4. The first-order valence-electron chi connectivity index (χ1n) is 8.28. The highest BCUT2D eigenvalue weighted by Gasteiger charge is 2.44. The molecule has 25 heavy (non-hydrogen) atoms. The number of ether oxygens (including phenoxy) is 3. The summed E-state index contributed by atoms with van der Waals surface area (Å²) in [5.41, 5.74) is 2.05. The molecule has 0 amide bonds. The molecule has 5 nitrogen and oxygen atoms in total. The number of aliphatic hydroxyl groups excluding tert-OH is 1. The van der Waals surface area contributed by atoms with Crippen LogP contribution in [0.5, 0.6) is 0 Å². The summed E-state index contributed by atoms with van der Waals surface area (Å²) in [7, 11) is 0. The van der Waals surface area contributed by atoms with Crippen molar-refractivity contribution in [3.8, 4) is 6.07 Å². The highest BCUT2D eigenvalue weighted by atomic mass is 16.6. The van der Waals surface area contributed by atoms with Gasteiger partial charge in [0.1, 0.15) is 18.3 Å². The summed E-state index contributed by atoms with van der Waals surface area (Å²) in [4.78, 5) is 0. The minimum atomic E-state index is -0.987. The fraction of sp³-hybridized carbons (Fsp3) is 0.350. The Kier molecular flexibility index (Phi) is 6.15. The van der Waals surface area contributed by atoms with Crippen molar-refractivity contribution in [2.75, 3.05) is 6.61 Å². The van der Waals surface area contributed by atoms with Crippen molar-refractivity contribution in [1.82, 2.24) is 0 Å². The number of hydrogen-bond donors (Lipinski definition) is 1. The maximum absolute atomic E-state index is 10.3. The van der Waals surface area contributed by atoms with Crippen LogP contribution >= 0.6 is 0 Å². The molecule has 0 unspecified atom stereocenters. The van der Waals surface area contributed by atoms with Gasteiger partial charge in [0.15, 0.2) is 6.10 Å². The average Bonchev–Trinajstić information content (AvgIpc) is 2.97. The summed E-state index contributed by atoms with van der Waals surface area (Å²) in [6, 6.07) is 21.5. The van der Waals surface area contributed by atoms with Gasteiger partial charge < -0.3 is 19.3 Å². The van der Waals surface area contributed by atoms with Crippen molar-refractivity contribution < 1.29 is 19.3 Å². The van der Waals surface area contributed by atoms with E-state index in [0.29, 0.717) is 13.2 Å². The zero-order chi connectivity index (χ0) is 17.5. The Morgan fingerprint density at radius 2 is 1.56 bits per heavy atom. The van der Waals surface area contributed by atoms with Crippen molar-refractivity contribution in [2.24, 2.45) is 0 Å². The smallest absolute Gasteiger partial charge is 0.172 e. The maximum atomic E-state index is 10.3. The van der Waals surface area contributed by atoms with Crippen LogP contribution in [0.25, 0.3) is 0 Å². The molecule has 1 heterocycles. The van der Waals surface area contributed by atoms with Gasteiger partial charge in [-0.3, -0.25) is 0 Å². The van der Waals surface area contributed by atoms with Crippen LogP contribution in [0.3, 0.4) is 0 Å². The number of nitriles is 1. The Hall–Kier alpha value is -2.23. The normalized spacial score (nSPS) is 25.6. The second-order valence-electron chi connectivity index (χ2n) is 5.98. The molecule has 1 saturated heterocycles. The van der Waals surface area contributed by atoms with Crippen LogP contribution in [0.2, 0.25) is 0 Å². The molecule has 0 spiro atoms. The van der Waals surface area contributed by atoms with E-state index < -0.39 is 24.4 Å². The van der Waals surface area contributed by atoms with E-state index in [1.165, 1.54) is 0 Å². The van der Waals surface area contributed by atoms with E-state index in [1.807, 2.05) is 66.7 Å². The van der Waals surface area contributed by atoms with Crippen molar-refractivity contribution in [3.05, 3.63) is 71.8 Å². The minimum absolute atomic E-state index is 0.254. The largest absolute Gasteiger partial charge is 0.386 e. The topological polar surface area (TPSA) is 71.7 Å². The lowest BCUT2D eigenvalue weighted by Crippen LogP contribution is -2.36. The van der Waals surface area contributed by atoms with Gasteiger partial charge in [-0.25, -0.2) is 0 Å². The molecule has 2 aromatic rings. The molecule has 1 aliphatic heterocycles. The van der Waals surface area contributed by atoms with E-state index in [0.717, 1.165) is 11.1 Å². The maximum Gasteiger partial charge on any atom is 0.172 e. The molecule has 130 valence electrons. The summed E-state index contributed by atoms with van der Waals surface area (Å²) < 4.78 is 17.1. The molecule has 4 atom stereocenters. The van der Waals surface area contributed by atoms with E-state index in [2.05, 4.69) is 0 Å². The van der Waals surface area contributed by atoms with Gasteiger partial charge in [-0.15, -0.1) is 0 Å². The fourth-order valence-electron chi connectivity index (χ4n) is 2.82. The van der Waals surface area contributed by atoms with Gasteiger partial charge in [-0.05, 0) is 11.1 Å². The molecular weight excluding hydrogens is 318 g/mol. The third-order valence-corrected chi connectivity index (χ3v) is 4.14. The number of benzene rings is 2. The molecule has 0 saturated carbocycles. The number of rotatable bonds is 7. The van der Waals surface area contributed by atoms with E-state index >= 15 is 0 Å². The Morgan fingerprint density at radius 3 is 2.16 bits per heavy atom. The number of hydrogen-bond acceptors (Lipinski definition) is 5. The first-order chi connectivity index (χ1) is 12.3. The van der Waals surface area contributed by atoms with Crippen LogP contribution in [0.15, 0.2) is 60.7 Å². The monoisotopic (exact) mass is 339 g/mol. The van der Waals surface area contributed by atoms with Crippen molar-refractivity contribution in [2.45, 2.75) is 37.6 Å². The Balaban J connectivity index is 1.56. The van der Waals surface area contributed by atoms with Crippen LogP contribution < -0.4 is 0 Å². The summed E-state index contributed by atoms with van der Waals surface area (Å²) in [6.45, 7) is 1.04. The third-order valence-electron chi connectivity index (χ3n) is 4.14. The Morgan fingerprint density at radius 1 is 0.960 bits per heavy atom. The minimum Gasteiger partial charge on any atom is -0.386 e. The lowest BCUT2D eigenvalue weighted by Gasteiger charge is -2.21. The SMILES string of the molecule is N#C[C@@H]1O[C@H](COCc2ccccc2)[C@H](OCc2ccccc2)[C@H]1O. The standard InChI is InChI=1S/C20H21NO4/c21-11-17-19(22)20(24-13-16-9-5-2-6-10-16)18(25-17)14-23-12-15-7-3-1-4-8-15/h1-10,17-20,22H,12-14H2/t17-,18+,19-,20-/m0/s1. The highest BCUT2D eigenvalue weighted by molar-refractivity contribution is 5.14. The molecule has 0 aliphatic carbocycles. The van der Waals surface area contributed by atoms with Gasteiger partial charge in [-0.2, -0.15) is 5.26 Å². The Bertz CT molecular complexity index is 686. The third kappa shape index (κ3) is 4.65. The molecule has 2 aromatic carbocycles. The van der Waals surface area contributed by atoms with E-state index in [4.69, 9.17) is 19.5 Å². The summed E-state index contributed by atoms with van der Waals surface area (Å²) in [5.74, 6) is 0. The van der Waals surface area contributed by atoms with Gasteiger partial charge in [0.05, 0.1) is 25.9 Å². The average molecular weight is 339 g/mol. The second-order valence-corrected chi connectivity index (χ2v) is 5.98. The van der Waals surface area contributed by atoms with Crippen LogP contribution in [-0.2, 0) is 27.4 Å². The van der Waals surface area contributed by atoms with Gasteiger partial charge in [0.2, 0.25) is 0 Å². The van der Waals surface area contributed by atoms with Gasteiger partial charge in [0.25, 0.3) is 0 Å². The predicted molar refractivity (Wildman–Crippen MR) is 91.4 cm³/mol. The zero-order valence-electron chi connectivity index (χ0n) is 13.8. The summed E-state index contributed by atoms with van der Waals surface area (Å²) >= 11 is 0. The molecular formula is C20H21NO4. The van der Waals surface area contributed by atoms with Crippen molar-refractivity contribution in [3.63, 3.8) is 0 Å². The van der Waals surface area contributed by atoms with Crippen molar-refractivity contribution >= 4 is 0 Å². The number of aliphatic hydroxyl groups is 1. The zero-order valence-corrected chi connectivity index (χ0v) is 13.8. The van der Waals surface area contributed by atoms with E-state index in [-0.39, 0.29) is 6.61 Å². The predicted octanol–water partition coefficient (Wildman–Crippen LogP) is 2.44. The van der Waals surface area contributed by atoms with Crippen molar-refractivity contribution in [1.29, 1.82) is 5.26 Å². The molecule has 0 bridgehead atoms. The molecule has 0 radical (unpaired) electrons.